The van der Waals surface area contributed by atoms with Crippen molar-refractivity contribution in [3.05, 3.63) is 120 Å². The molecule has 0 aliphatic heterocycles. The van der Waals surface area contributed by atoms with Gasteiger partial charge in [0.15, 0.2) is 11.9 Å². The van der Waals surface area contributed by atoms with E-state index in [2.05, 4.69) is 70.9 Å². The van der Waals surface area contributed by atoms with Gasteiger partial charge < -0.3 is 4.42 Å². The Balaban J connectivity index is 1.61. The van der Waals surface area contributed by atoms with Crippen LogP contribution in [0.5, 0.6) is 0 Å². The van der Waals surface area contributed by atoms with Crippen molar-refractivity contribution in [2.24, 2.45) is 7.05 Å². The number of aryl methyl sites for hydroxylation is 2. The van der Waals surface area contributed by atoms with Crippen LogP contribution in [0.15, 0.2) is 108 Å². The van der Waals surface area contributed by atoms with E-state index in [1.54, 1.807) is 0 Å². The Kier molecular flexibility index (Phi) is 4.94. The fourth-order valence-electron chi connectivity index (χ4n) is 4.93. The van der Waals surface area contributed by atoms with Crippen LogP contribution in [0.25, 0.3) is 60.3 Å². The first-order chi connectivity index (χ1) is 17.2. The summed E-state index contributed by atoms with van der Waals surface area (Å²) in [5.41, 5.74) is 9.65. The number of pyridine rings is 1. The molecular formula is C32H23N2O+. The molecule has 35 heavy (non-hydrogen) atoms. The van der Waals surface area contributed by atoms with Crippen molar-refractivity contribution >= 4 is 27.6 Å². The molecule has 0 aliphatic rings. The second kappa shape index (κ2) is 8.27. The Labute approximate surface area is 204 Å². The van der Waals surface area contributed by atoms with Crippen molar-refractivity contribution in [3.63, 3.8) is 0 Å². The molecule has 4 aromatic carbocycles. The minimum Gasteiger partial charge on any atom is -0.456 e. The van der Waals surface area contributed by atoms with Crippen molar-refractivity contribution in [3.8, 4) is 33.5 Å². The molecule has 6 aromatic rings. The molecule has 0 saturated carbocycles. The predicted octanol–water partition coefficient (Wildman–Crippen LogP) is 8.27. The highest BCUT2D eigenvalue weighted by molar-refractivity contribution is 6.15. The number of benzene rings is 4. The van der Waals surface area contributed by atoms with E-state index < -0.39 is 0 Å². The van der Waals surface area contributed by atoms with E-state index >= 15 is 0 Å². The van der Waals surface area contributed by atoms with E-state index in [-0.39, 0.29) is 0 Å². The largest absolute Gasteiger partial charge is 0.456 e. The Morgan fingerprint density at radius 2 is 1.29 bits per heavy atom. The lowest BCUT2D eigenvalue weighted by molar-refractivity contribution is -0.660. The number of furan rings is 1. The van der Waals surface area contributed by atoms with Crippen molar-refractivity contribution in [1.29, 1.82) is 0 Å². The third-order valence-corrected chi connectivity index (χ3v) is 6.71. The van der Waals surface area contributed by atoms with Crippen LogP contribution in [0.1, 0.15) is 5.56 Å². The number of hydrogen-bond acceptors (Lipinski definition) is 1. The van der Waals surface area contributed by atoms with Gasteiger partial charge in [-0.3, -0.25) is 0 Å². The van der Waals surface area contributed by atoms with Crippen molar-refractivity contribution < 1.29 is 8.98 Å². The Morgan fingerprint density at radius 3 is 2.00 bits per heavy atom. The number of fused-ring (bicyclic) bond motifs is 3. The molecule has 2 aromatic heterocycles. The monoisotopic (exact) mass is 451 g/mol. The zero-order valence-corrected chi connectivity index (χ0v) is 19.6. The van der Waals surface area contributed by atoms with Crippen LogP contribution in [0.4, 0.5) is 5.69 Å². The molecule has 0 fully saturated rings. The molecule has 6 rings (SSSR count). The quantitative estimate of drug-likeness (QED) is 0.196. The van der Waals surface area contributed by atoms with Gasteiger partial charge in [0.1, 0.15) is 18.2 Å². The lowest BCUT2D eigenvalue weighted by atomic mass is 9.96. The molecule has 0 unspecified atom stereocenters. The van der Waals surface area contributed by atoms with Crippen LogP contribution in [0, 0.1) is 13.5 Å². The molecular weight excluding hydrogens is 428 g/mol. The van der Waals surface area contributed by atoms with Crippen LogP contribution in [0.3, 0.4) is 0 Å². The molecule has 0 aliphatic carbocycles. The number of rotatable bonds is 3. The normalized spacial score (nSPS) is 11.1. The average molecular weight is 452 g/mol. The van der Waals surface area contributed by atoms with Crippen molar-refractivity contribution in [2.75, 3.05) is 0 Å². The third-order valence-electron chi connectivity index (χ3n) is 6.71. The van der Waals surface area contributed by atoms with Crippen LogP contribution < -0.4 is 4.57 Å². The molecule has 0 radical (unpaired) electrons. The van der Waals surface area contributed by atoms with Gasteiger partial charge in [0.25, 0.3) is 0 Å². The van der Waals surface area contributed by atoms with E-state index in [0.29, 0.717) is 5.69 Å². The molecule has 2 heterocycles. The SMILES string of the molecule is [C-]#[N+]c1ccc2c(oc3c(-c4cccc[n+]4C)c(C)ccc32)c1-c1ccc(-c2ccccc2)cc1. The van der Waals surface area contributed by atoms with Crippen LogP contribution in [-0.4, -0.2) is 0 Å². The third kappa shape index (κ3) is 3.39. The molecule has 3 nitrogen and oxygen atoms in total. The standard InChI is InChI=1S/C32H23N2O/c1-21-12-17-25-26-18-19-27(33-2)30(24-15-13-23(14-16-24)22-9-5-4-6-10-22)32(26)35-31(25)29(21)28-11-7-8-20-34(28)3/h4-20H,1,3H3/q+1. The fourth-order valence-corrected chi connectivity index (χ4v) is 4.93. The molecule has 0 spiro atoms. The van der Waals surface area contributed by atoms with Crippen LogP contribution >= 0.6 is 0 Å². The molecule has 0 bridgehead atoms. The second-order valence-corrected chi connectivity index (χ2v) is 8.82. The van der Waals surface area contributed by atoms with Gasteiger partial charge in [-0.15, -0.1) is 0 Å². The minimum absolute atomic E-state index is 0.590. The fraction of sp³-hybridized carbons (Fsp3) is 0.0625. The van der Waals surface area contributed by atoms with Gasteiger partial charge >= 0.3 is 0 Å². The summed E-state index contributed by atoms with van der Waals surface area (Å²) in [5.74, 6) is 0. The van der Waals surface area contributed by atoms with E-state index in [4.69, 9.17) is 11.0 Å². The van der Waals surface area contributed by atoms with E-state index in [9.17, 15) is 0 Å². The molecule has 166 valence electrons. The highest BCUT2D eigenvalue weighted by Gasteiger charge is 2.22. The molecule has 0 saturated heterocycles. The predicted molar refractivity (Wildman–Crippen MR) is 142 cm³/mol. The van der Waals surface area contributed by atoms with Gasteiger partial charge in [0.2, 0.25) is 5.69 Å². The zero-order chi connectivity index (χ0) is 23.9. The summed E-state index contributed by atoms with van der Waals surface area (Å²) in [7, 11) is 2.05. The van der Waals surface area contributed by atoms with Crippen LogP contribution in [0.2, 0.25) is 0 Å². The molecule has 0 amide bonds. The van der Waals surface area contributed by atoms with Gasteiger partial charge in [-0.1, -0.05) is 78.9 Å². The topological polar surface area (TPSA) is 21.4 Å². The zero-order valence-electron chi connectivity index (χ0n) is 19.6. The Bertz CT molecular complexity index is 1750. The van der Waals surface area contributed by atoms with E-state index in [1.165, 1.54) is 5.56 Å². The van der Waals surface area contributed by atoms with Crippen molar-refractivity contribution in [2.45, 2.75) is 6.92 Å². The van der Waals surface area contributed by atoms with Gasteiger partial charge in [0.05, 0.1) is 12.1 Å². The first kappa shape index (κ1) is 20.9. The maximum absolute atomic E-state index is 7.84. The second-order valence-electron chi connectivity index (χ2n) is 8.82. The van der Waals surface area contributed by atoms with Gasteiger partial charge in [-0.25, -0.2) is 9.41 Å². The summed E-state index contributed by atoms with van der Waals surface area (Å²) >= 11 is 0. The smallest absolute Gasteiger partial charge is 0.216 e. The summed E-state index contributed by atoms with van der Waals surface area (Å²) in [4.78, 5) is 3.85. The molecule has 3 heteroatoms. The van der Waals surface area contributed by atoms with Crippen molar-refractivity contribution in [1.82, 2.24) is 0 Å². The summed E-state index contributed by atoms with van der Waals surface area (Å²) in [6.07, 6.45) is 2.05. The van der Waals surface area contributed by atoms with Gasteiger partial charge in [0, 0.05) is 28.5 Å². The highest BCUT2D eigenvalue weighted by atomic mass is 16.3. The molecule has 0 N–H and O–H groups in total. The number of hydrogen-bond donors (Lipinski definition) is 0. The molecule has 0 atom stereocenters. The average Bonchev–Trinajstić information content (AvgIpc) is 3.28. The highest BCUT2D eigenvalue weighted by Crippen LogP contribution is 2.44. The maximum Gasteiger partial charge on any atom is 0.216 e. The Hall–Kier alpha value is -4.68. The van der Waals surface area contributed by atoms with Gasteiger partial charge in [-0.05, 0) is 35.2 Å². The lowest BCUT2D eigenvalue weighted by Gasteiger charge is -2.08. The lowest BCUT2D eigenvalue weighted by Crippen LogP contribution is -2.30. The van der Waals surface area contributed by atoms with Crippen LogP contribution in [-0.2, 0) is 7.05 Å². The first-order valence-electron chi connectivity index (χ1n) is 11.6. The summed E-state index contributed by atoms with van der Waals surface area (Å²) in [6.45, 7) is 9.95. The summed E-state index contributed by atoms with van der Waals surface area (Å²) < 4.78 is 8.77. The summed E-state index contributed by atoms with van der Waals surface area (Å²) in [5, 5.41) is 2.08. The maximum atomic E-state index is 7.84. The summed E-state index contributed by atoms with van der Waals surface area (Å²) in [6, 6.07) is 33.1. The number of nitrogens with zero attached hydrogens (tertiary/aromatic N) is 2. The first-order valence-corrected chi connectivity index (χ1v) is 11.6. The minimum atomic E-state index is 0.590. The van der Waals surface area contributed by atoms with E-state index in [0.717, 1.165) is 55.4 Å². The van der Waals surface area contributed by atoms with Gasteiger partial charge in [-0.2, -0.15) is 0 Å². The number of aromatic nitrogens is 1. The Morgan fingerprint density at radius 1 is 0.657 bits per heavy atom. The van der Waals surface area contributed by atoms with E-state index in [1.807, 2.05) is 55.7 Å².